The van der Waals surface area contributed by atoms with E-state index in [9.17, 15) is 34.2 Å². The number of aliphatic carboxylic acids is 2. The first kappa shape index (κ1) is 31.6. The Bertz CT molecular complexity index is 692. The number of rotatable bonds is 18. The Morgan fingerprint density at radius 2 is 1.41 bits per heavy atom. The fourth-order valence-electron chi connectivity index (χ4n) is 3.04. The summed E-state index contributed by atoms with van der Waals surface area (Å²) in [6, 6.07) is -4.65. The van der Waals surface area contributed by atoms with Crippen LogP contribution in [0.2, 0.25) is 0 Å². The van der Waals surface area contributed by atoms with E-state index >= 15 is 0 Å². The second kappa shape index (κ2) is 17.1. The molecular weight excluding hydrogens is 466 g/mol. The quantitative estimate of drug-likeness (QED) is 0.116. The van der Waals surface area contributed by atoms with Crippen LogP contribution in [0.5, 0.6) is 0 Å². The third-order valence-electron chi connectivity index (χ3n) is 4.88. The van der Waals surface area contributed by atoms with Crippen molar-refractivity contribution in [2.75, 3.05) is 18.6 Å². The number of carbonyl (C=O) groups excluding carboxylic acids is 3. The first-order valence-corrected chi connectivity index (χ1v) is 12.6. The van der Waals surface area contributed by atoms with Crippen LogP contribution in [0.15, 0.2) is 0 Å². The fourth-order valence-corrected chi connectivity index (χ4v) is 3.52. The fraction of sp³-hybridized carbons (Fsp3) is 0.762. The van der Waals surface area contributed by atoms with E-state index < -0.39 is 60.2 Å². The molecule has 34 heavy (non-hydrogen) atoms. The predicted octanol–water partition coefficient (Wildman–Crippen LogP) is -0.744. The van der Waals surface area contributed by atoms with Crippen molar-refractivity contribution in [3.8, 4) is 0 Å². The Morgan fingerprint density at radius 3 is 1.91 bits per heavy atom. The van der Waals surface area contributed by atoms with Crippen LogP contribution >= 0.6 is 11.8 Å². The summed E-state index contributed by atoms with van der Waals surface area (Å²) >= 11 is 1.42. The van der Waals surface area contributed by atoms with Crippen LogP contribution in [-0.4, -0.2) is 82.6 Å². The lowest BCUT2D eigenvalue weighted by Gasteiger charge is -2.25. The number of carboxylic acids is 2. The molecule has 0 aliphatic heterocycles. The second-order valence-corrected chi connectivity index (χ2v) is 9.41. The Kier molecular flexibility index (Phi) is 15.9. The van der Waals surface area contributed by atoms with Gasteiger partial charge in [-0.25, -0.2) is 4.79 Å². The van der Waals surface area contributed by atoms with Gasteiger partial charge in [-0.2, -0.15) is 11.8 Å². The van der Waals surface area contributed by atoms with E-state index in [1.807, 2.05) is 13.8 Å². The summed E-state index contributed by atoms with van der Waals surface area (Å²) in [6.45, 7) is 4.07. The highest BCUT2D eigenvalue weighted by Crippen LogP contribution is 2.08. The van der Waals surface area contributed by atoms with Gasteiger partial charge in [0, 0.05) is 0 Å². The molecule has 4 unspecified atom stereocenters. The summed E-state index contributed by atoms with van der Waals surface area (Å²) in [6.07, 6.45) is 3.04. The maximum Gasteiger partial charge on any atom is 0.326 e. The van der Waals surface area contributed by atoms with Gasteiger partial charge in [0.05, 0.1) is 12.5 Å². The first-order chi connectivity index (χ1) is 15.9. The largest absolute Gasteiger partial charge is 0.481 e. The van der Waals surface area contributed by atoms with E-state index in [-0.39, 0.29) is 18.8 Å². The monoisotopic (exact) mass is 505 g/mol. The van der Waals surface area contributed by atoms with E-state index in [1.54, 1.807) is 6.26 Å². The molecule has 13 heteroatoms. The molecule has 9 N–H and O–H groups in total. The number of nitrogens with one attached hydrogen (secondary N) is 3. The van der Waals surface area contributed by atoms with Crippen LogP contribution in [0.1, 0.15) is 52.4 Å². The van der Waals surface area contributed by atoms with Crippen molar-refractivity contribution in [2.24, 2.45) is 17.4 Å². The van der Waals surface area contributed by atoms with Crippen molar-refractivity contribution in [1.29, 1.82) is 0 Å². The predicted molar refractivity (Wildman–Crippen MR) is 129 cm³/mol. The minimum Gasteiger partial charge on any atom is -0.481 e. The van der Waals surface area contributed by atoms with Gasteiger partial charge < -0.3 is 37.6 Å². The van der Waals surface area contributed by atoms with Gasteiger partial charge in [0.25, 0.3) is 0 Å². The van der Waals surface area contributed by atoms with E-state index in [0.717, 1.165) is 0 Å². The summed E-state index contributed by atoms with van der Waals surface area (Å²) < 4.78 is 0. The molecule has 0 saturated heterocycles. The Balaban J connectivity index is 5.40. The van der Waals surface area contributed by atoms with Crippen LogP contribution < -0.4 is 27.4 Å². The number of nitrogens with two attached hydrogens (primary N) is 2. The van der Waals surface area contributed by atoms with Gasteiger partial charge >= 0.3 is 11.9 Å². The van der Waals surface area contributed by atoms with Crippen LogP contribution in [0.25, 0.3) is 0 Å². The Morgan fingerprint density at radius 1 is 0.853 bits per heavy atom. The van der Waals surface area contributed by atoms with Gasteiger partial charge in [-0.15, -0.1) is 0 Å². The molecular formula is C21H39N5O7S. The minimum absolute atomic E-state index is 0.00450. The summed E-state index contributed by atoms with van der Waals surface area (Å²) in [5, 5.41) is 25.8. The average Bonchev–Trinajstić information content (AvgIpc) is 2.74. The lowest BCUT2D eigenvalue weighted by Crippen LogP contribution is -2.57. The average molecular weight is 506 g/mol. The van der Waals surface area contributed by atoms with Crippen molar-refractivity contribution >= 4 is 41.4 Å². The zero-order valence-electron chi connectivity index (χ0n) is 20.0. The van der Waals surface area contributed by atoms with Crippen LogP contribution in [0.3, 0.4) is 0 Å². The standard InChI is InChI=1S/C21H39N5O7S/c1-12(2)10-16(21(32)33)26-19(30)14(7-9-34-3)24-20(31)15(11-17(27)28)25-18(29)13(23)6-4-5-8-22/h12-16H,4-11,22-23H2,1-3H3,(H,24,31)(H,25,29)(H,26,30)(H,27,28)(H,32,33). The molecule has 196 valence electrons. The number of unbranched alkanes of at least 4 members (excludes halogenated alkanes) is 1. The van der Waals surface area contributed by atoms with E-state index in [0.29, 0.717) is 31.6 Å². The number of hydrogen-bond acceptors (Lipinski definition) is 8. The molecule has 0 aromatic heterocycles. The molecule has 0 radical (unpaired) electrons. The summed E-state index contributed by atoms with van der Waals surface area (Å²) in [5.41, 5.74) is 11.2. The third-order valence-corrected chi connectivity index (χ3v) is 5.53. The molecule has 4 atom stereocenters. The zero-order valence-corrected chi connectivity index (χ0v) is 20.9. The lowest BCUT2D eigenvalue weighted by atomic mass is 10.0. The van der Waals surface area contributed by atoms with Crippen LogP contribution in [-0.2, 0) is 24.0 Å². The Labute approximate surface area is 204 Å². The zero-order chi connectivity index (χ0) is 26.3. The molecule has 0 fully saturated rings. The number of amides is 3. The molecule has 0 aliphatic carbocycles. The van der Waals surface area contributed by atoms with Crippen molar-refractivity contribution in [1.82, 2.24) is 16.0 Å². The topological polar surface area (TPSA) is 214 Å². The lowest BCUT2D eigenvalue weighted by molar-refractivity contribution is -0.143. The smallest absolute Gasteiger partial charge is 0.326 e. The molecule has 0 heterocycles. The molecule has 0 aliphatic rings. The summed E-state index contributed by atoms with van der Waals surface area (Å²) in [4.78, 5) is 60.7. The van der Waals surface area contributed by atoms with E-state index in [2.05, 4.69) is 16.0 Å². The molecule has 3 amide bonds. The molecule has 0 rings (SSSR count). The van der Waals surface area contributed by atoms with Crippen molar-refractivity contribution in [2.45, 2.75) is 76.5 Å². The minimum atomic E-state index is -1.46. The number of hydrogen-bond donors (Lipinski definition) is 7. The van der Waals surface area contributed by atoms with Crippen molar-refractivity contribution < 1.29 is 34.2 Å². The highest BCUT2D eigenvalue weighted by Gasteiger charge is 2.31. The maximum absolute atomic E-state index is 12.8. The summed E-state index contributed by atoms with van der Waals surface area (Å²) in [5.74, 6) is -4.31. The van der Waals surface area contributed by atoms with Crippen molar-refractivity contribution in [3.05, 3.63) is 0 Å². The van der Waals surface area contributed by atoms with Gasteiger partial charge in [0.15, 0.2) is 0 Å². The summed E-state index contributed by atoms with van der Waals surface area (Å²) in [7, 11) is 0. The molecule has 0 spiro atoms. The van der Waals surface area contributed by atoms with E-state index in [4.69, 9.17) is 11.5 Å². The second-order valence-electron chi connectivity index (χ2n) is 8.42. The number of carbonyl (C=O) groups is 5. The van der Waals surface area contributed by atoms with E-state index in [1.165, 1.54) is 11.8 Å². The van der Waals surface area contributed by atoms with Crippen LogP contribution in [0.4, 0.5) is 0 Å². The Hall–Kier alpha value is -2.38. The molecule has 12 nitrogen and oxygen atoms in total. The SMILES string of the molecule is CSCCC(NC(=O)C(CC(=O)O)NC(=O)C(N)CCCCN)C(=O)NC(CC(C)C)C(=O)O. The normalized spacial score (nSPS) is 14.5. The highest BCUT2D eigenvalue weighted by molar-refractivity contribution is 7.98. The number of thioether (sulfide) groups is 1. The van der Waals surface area contributed by atoms with Crippen LogP contribution in [0, 0.1) is 5.92 Å². The third kappa shape index (κ3) is 13.4. The van der Waals surface area contributed by atoms with Gasteiger partial charge in [-0.3, -0.25) is 19.2 Å². The maximum atomic E-state index is 12.8. The molecule has 0 saturated carbocycles. The molecule has 0 bridgehead atoms. The molecule has 0 aromatic carbocycles. The van der Waals surface area contributed by atoms with Gasteiger partial charge in [0.2, 0.25) is 17.7 Å². The highest BCUT2D eigenvalue weighted by atomic mass is 32.2. The number of carboxylic acid groups (broad SMARTS) is 2. The van der Waals surface area contributed by atoms with Gasteiger partial charge in [-0.05, 0) is 50.2 Å². The van der Waals surface area contributed by atoms with Gasteiger partial charge in [-0.1, -0.05) is 20.3 Å². The molecule has 0 aromatic rings. The van der Waals surface area contributed by atoms with Gasteiger partial charge in [0.1, 0.15) is 18.1 Å². The first-order valence-electron chi connectivity index (χ1n) is 11.2. The van der Waals surface area contributed by atoms with Crippen molar-refractivity contribution in [3.63, 3.8) is 0 Å².